The maximum Gasteiger partial charge on any atom is 0.142 e. The van der Waals surface area contributed by atoms with Gasteiger partial charge in [0.25, 0.3) is 0 Å². The lowest BCUT2D eigenvalue weighted by atomic mass is 9.93. The van der Waals surface area contributed by atoms with Crippen molar-refractivity contribution in [3.8, 4) is 5.75 Å². The lowest BCUT2D eigenvalue weighted by molar-refractivity contribution is 0.0411. The van der Waals surface area contributed by atoms with Crippen molar-refractivity contribution in [2.24, 2.45) is 0 Å². The van der Waals surface area contributed by atoms with Gasteiger partial charge in [-0.05, 0) is 29.7 Å². The van der Waals surface area contributed by atoms with E-state index in [9.17, 15) is 0 Å². The van der Waals surface area contributed by atoms with E-state index in [1.165, 1.54) is 48.4 Å². The van der Waals surface area contributed by atoms with Gasteiger partial charge < -0.3 is 4.74 Å². The van der Waals surface area contributed by atoms with Gasteiger partial charge in [-0.2, -0.15) is 0 Å². The Morgan fingerprint density at radius 1 is 0.952 bits per heavy atom. The molecule has 1 saturated carbocycles. The second-order valence-corrected chi connectivity index (χ2v) is 6.08. The minimum absolute atomic E-state index is 0. The van der Waals surface area contributed by atoms with Gasteiger partial charge in [0, 0.05) is 18.2 Å². The molecule has 112 valence electrons. The predicted octanol–water partition coefficient (Wildman–Crippen LogP) is 4.75. The summed E-state index contributed by atoms with van der Waals surface area (Å²) in [5, 5.41) is 2.67. The van der Waals surface area contributed by atoms with Crippen LogP contribution in [0.25, 0.3) is 10.8 Å². The molecule has 1 heterocycles. The average Bonchev–Trinajstić information content (AvgIpc) is 2.55. The van der Waals surface area contributed by atoms with Crippen molar-refractivity contribution in [2.75, 3.05) is 6.73 Å². The third-order valence-corrected chi connectivity index (χ3v) is 4.84. The van der Waals surface area contributed by atoms with Crippen molar-refractivity contribution in [2.45, 2.75) is 44.7 Å². The highest BCUT2D eigenvalue weighted by atomic mass is 35.5. The molecule has 0 saturated heterocycles. The van der Waals surface area contributed by atoms with Gasteiger partial charge in [0.1, 0.15) is 12.5 Å². The average molecular weight is 304 g/mol. The zero-order valence-electron chi connectivity index (χ0n) is 12.3. The molecule has 4 rings (SSSR count). The number of fused-ring (bicyclic) bond motifs is 3. The van der Waals surface area contributed by atoms with Crippen molar-refractivity contribution in [3.05, 3.63) is 42.0 Å². The molecule has 2 aromatic rings. The van der Waals surface area contributed by atoms with E-state index >= 15 is 0 Å². The quantitative estimate of drug-likeness (QED) is 0.754. The molecule has 1 aliphatic heterocycles. The van der Waals surface area contributed by atoms with Gasteiger partial charge in [-0.1, -0.05) is 49.6 Å². The van der Waals surface area contributed by atoms with E-state index in [2.05, 4.69) is 41.3 Å². The molecule has 0 N–H and O–H groups in total. The minimum atomic E-state index is 0. The van der Waals surface area contributed by atoms with Gasteiger partial charge in [-0.15, -0.1) is 12.4 Å². The van der Waals surface area contributed by atoms with Crippen LogP contribution in [-0.4, -0.2) is 17.7 Å². The SMILES string of the molecule is Cl.c1ccc2c3c(ccc2c1)OCN(C1CCCCC1)C3. The van der Waals surface area contributed by atoms with Crippen LogP contribution >= 0.6 is 12.4 Å². The molecule has 21 heavy (non-hydrogen) atoms. The highest BCUT2D eigenvalue weighted by molar-refractivity contribution is 5.87. The van der Waals surface area contributed by atoms with Crippen LogP contribution in [0.15, 0.2) is 36.4 Å². The molecule has 0 radical (unpaired) electrons. The van der Waals surface area contributed by atoms with Crippen molar-refractivity contribution in [1.29, 1.82) is 0 Å². The van der Waals surface area contributed by atoms with Crippen molar-refractivity contribution in [1.82, 2.24) is 4.90 Å². The zero-order chi connectivity index (χ0) is 13.4. The molecule has 1 aliphatic carbocycles. The number of nitrogens with zero attached hydrogens (tertiary/aromatic N) is 1. The molecular formula is C18H22ClNO. The zero-order valence-corrected chi connectivity index (χ0v) is 13.1. The summed E-state index contributed by atoms with van der Waals surface area (Å²) < 4.78 is 6.02. The van der Waals surface area contributed by atoms with Crippen molar-refractivity contribution in [3.63, 3.8) is 0 Å². The monoisotopic (exact) mass is 303 g/mol. The summed E-state index contributed by atoms with van der Waals surface area (Å²) in [6, 6.07) is 13.7. The number of ether oxygens (including phenoxy) is 1. The molecule has 0 aromatic heterocycles. The number of halogens is 1. The summed E-state index contributed by atoms with van der Waals surface area (Å²) in [6.07, 6.45) is 6.84. The smallest absolute Gasteiger partial charge is 0.142 e. The van der Waals surface area contributed by atoms with E-state index in [1.54, 1.807) is 0 Å². The van der Waals surface area contributed by atoms with E-state index in [-0.39, 0.29) is 12.4 Å². The minimum Gasteiger partial charge on any atom is -0.478 e. The first-order chi connectivity index (χ1) is 9.92. The summed E-state index contributed by atoms with van der Waals surface area (Å²) in [5.74, 6) is 1.08. The topological polar surface area (TPSA) is 12.5 Å². The van der Waals surface area contributed by atoms with Gasteiger partial charge in [0.2, 0.25) is 0 Å². The lowest BCUT2D eigenvalue weighted by Gasteiger charge is -2.37. The molecule has 3 heteroatoms. The Labute approximate surface area is 132 Å². The molecule has 0 bridgehead atoms. The Hall–Kier alpha value is -1.25. The highest BCUT2D eigenvalue weighted by Gasteiger charge is 2.26. The molecule has 0 spiro atoms. The third-order valence-electron chi connectivity index (χ3n) is 4.84. The fourth-order valence-electron chi connectivity index (χ4n) is 3.70. The van der Waals surface area contributed by atoms with Gasteiger partial charge in [0.05, 0.1) is 0 Å². The first kappa shape index (κ1) is 14.7. The lowest BCUT2D eigenvalue weighted by Crippen LogP contribution is -2.41. The van der Waals surface area contributed by atoms with E-state index in [1.807, 2.05) is 0 Å². The number of rotatable bonds is 1. The normalized spacial score (nSPS) is 19.6. The molecular weight excluding hydrogens is 282 g/mol. The molecule has 2 nitrogen and oxygen atoms in total. The first-order valence-electron chi connectivity index (χ1n) is 7.79. The van der Waals surface area contributed by atoms with Crippen LogP contribution in [0.5, 0.6) is 5.75 Å². The fourth-order valence-corrected chi connectivity index (χ4v) is 3.70. The summed E-state index contributed by atoms with van der Waals surface area (Å²) in [5.41, 5.74) is 1.37. The van der Waals surface area contributed by atoms with Gasteiger partial charge in [-0.25, -0.2) is 0 Å². The number of hydrogen-bond donors (Lipinski definition) is 0. The van der Waals surface area contributed by atoms with Crippen LogP contribution in [0.2, 0.25) is 0 Å². The van der Waals surface area contributed by atoms with Gasteiger partial charge >= 0.3 is 0 Å². The highest BCUT2D eigenvalue weighted by Crippen LogP contribution is 2.34. The second-order valence-electron chi connectivity index (χ2n) is 6.08. The van der Waals surface area contributed by atoms with Crippen LogP contribution in [0.3, 0.4) is 0 Å². The maximum atomic E-state index is 6.02. The van der Waals surface area contributed by atoms with Crippen LogP contribution in [0.1, 0.15) is 37.7 Å². The largest absolute Gasteiger partial charge is 0.478 e. The summed E-state index contributed by atoms with van der Waals surface area (Å²) >= 11 is 0. The summed E-state index contributed by atoms with van der Waals surface area (Å²) in [4.78, 5) is 2.54. The summed E-state index contributed by atoms with van der Waals surface area (Å²) in [7, 11) is 0. The van der Waals surface area contributed by atoms with E-state index in [0.717, 1.165) is 25.1 Å². The molecule has 2 aliphatic rings. The Morgan fingerprint density at radius 3 is 2.62 bits per heavy atom. The van der Waals surface area contributed by atoms with E-state index in [0.29, 0.717) is 0 Å². The van der Waals surface area contributed by atoms with Crippen molar-refractivity contribution < 1.29 is 4.74 Å². The molecule has 0 unspecified atom stereocenters. The number of hydrogen-bond acceptors (Lipinski definition) is 2. The van der Waals surface area contributed by atoms with Crippen LogP contribution in [0.4, 0.5) is 0 Å². The van der Waals surface area contributed by atoms with Gasteiger partial charge in [-0.3, -0.25) is 4.90 Å². The molecule has 0 atom stereocenters. The Bertz CT molecular complexity index is 622. The van der Waals surface area contributed by atoms with Crippen LogP contribution in [-0.2, 0) is 6.54 Å². The van der Waals surface area contributed by atoms with Gasteiger partial charge in [0.15, 0.2) is 0 Å². The standard InChI is InChI=1S/C18H21NO.ClH/c1-2-7-15(8-3-1)19-12-17-16-9-5-4-6-14(16)10-11-18(17)20-13-19;/h4-6,9-11,15H,1-3,7-8,12-13H2;1H. The van der Waals surface area contributed by atoms with Crippen molar-refractivity contribution >= 4 is 23.2 Å². The molecule has 2 aromatic carbocycles. The van der Waals surface area contributed by atoms with E-state index < -0.39 is 0 Å². The Morgan fingerprint density at radius 2 is 1.76 bits per heavy atom. The third kappa shape index (κ3) is 2.75. The number of benzene rings is 2. The Kier molecular flexibility index (Phi) is 4.37. The maximum absolute atomic E-state index is 6.02. The first-order valence-corrected chi connectivity index (χ1v) is 7.79. The summed E-state index contributed by atoms with van der Waals surface area (Å²) in [6.45, 7) is 1.80. The molecule has 1 fully saturated rings. The Balaban J connectivity index is 0.00000132. The van der Waals surface area contributed by atoms with Crippen LogP contribution in [0, 0.1) is 0 Å². The molecule has 0 amide bonds. The second kappa shape index (κ2) is 6.25. The fraction of sp³-hybridized carbons (Fsp3) is 0.444. The van der Waals surface area contributed by atoms with E-state index in [4.69, 9.17) is 4.74 Å². The van der Waals surface area contributed by atoms with Crippen LogP contribution < -0.4 is 4.74 Å². The predicted molar refractivity (Wildman–Crippen MR) is 89.1 cm³/mol.